The van der Waals surface area contributed by atoms with Crippen molar-refractivity contribution in [1.29, 1.82) is 0 Å². The number of guanidine groups is 1. The molecule has 0 fully saturated rings. The van der Waals surface area contributed by atoms with Crippen LogP contribution < -0.4 is 27.1 Å². The topological polar surface area (TPSA) is 147 Å². The number of carboxylic acid groups (broad SMARTS) is 1. The molecular weight excluding hydrogens is 376 g/mol. The van der Waals surface area contributed by atoms with Gasteiger partial charge in [-0.1, -0.05) is 54.6 Å². The maximum atomic E-state index is 12.6. The van der Waals surface area contributed by atoms with Gasteiger partial charge in [0.25, 0.3) is 0 Å². The number of carboxylic acids is 1. The Balaban J connectivity index is 1.74. The number of hydrogen-bond acceptors (Lipinski definition) is 8. The summed E-state index contributed by atoms with van der Waals surface area (Å²) in [6, 6.07) is 15.3. The quantitative estimate of drug-likeness (QED) is 0.309. The molecule has 1 amide bonds. The first-order valence-corrected chi connectivity index (χ1v) is 8.95. The van der Waals surface area contributed by atoms with E-state index in [1.54, 1.807) is 0 Å². The number of amides is 1. The van der Waals surface area contributed by atoms with Gasteiger partial charge in [-0.25, -0.2) is 5.53 Å². The maximum Gasteiger partial charge on any atom is 0.323 e. The second-order valence-corrected chi connectivity index (χ2v) is 6.37. The Kier molecular flexibility index (Phi) is 6.74. The van der Waals surface area contributed by atoms with Crippen LogP contribution >= 0.6 is 0 Å². The van der Waals surface area contributed by atoms with Crippen molar-refractivity contribution >= 4 is 17.8 Å². The Labute approximate surface area is 167 Å². The first kappa shape index (κ1) is 20.3. The second-order valence-electron chi connectivity index (χ2n) is 6.37. The van der Waals surface area contributed by atoms with Gasteiger partial charge in [-0.15, -0.1) is 10.6 Å². The first-order chi connectivity index (χ1) is 14.1. The van der Waals surface area contributed by atoms with E-state index in [9.17, 15) is 19.8 Å². The molecule has 0 saturated carbocycles. The van der Waals surface area contributed by atoms with Crippen molar-refractivity contribution < 1.29 is 19.8 Å². The summed E-state index contributed by atoms with van der Waals surface area (Å²) >= 11 is 0. The third-order valence-corrected chi connectivity index (χ3v) is 4.35. The predicted octanol–water partition coefficient (Wildman–Crippen LogP) is -0.701. The Morgan fingerprint density at radius 1 is 1.00 bits per heavy atom. The second kappa shape index (κ2) is 9.64. The van der Waals surface area contributed by atoms with Gasteiger partial charge in [0.15, 0.2) is 0 Å². The molecule has 0 radical (unpaired) electrons. The summed E-state index contributed by atoms with van der Waals surface area (Å²) in [7, 11) is 0. The maximum absolute atomic E-state index is 12.6. The van der Waals surface area contributed by atoms with E-state index < -0.39 is 30.6 Å². The molecule has 1 aliphatic heterocycles. The van der Waals surface area contributed by atoms with Gasteiger partial charge in [0.05, 0.1) is 12.6 Å². The summed E-state index contributed by atoms with van der Waals surface area (Å²) in [5.74, 6) is -1.59. The van der Waals surface area contributed by atoms with E-state index in [0.717, 1.165) is 16.7 Å². The van der Waals surface area contributed by atoms with Gasteiger partial charge in [-0.2, -0.15) is 0 Å². The first-order valence-electron chi connectivity index (χ1n) is 8.95. The number of carbonyl (C=O) groups excluding carboxylic acids is 1. The zero-order chi connectivity index (χ0) is 20.6. The third kappa shape index (κ3) is 5.51. The number of aliphatic hydroxyl groups is 1. The van der Waals surface area contributed by atoms with Crippen LogP contribution in [0.1, 0.15) is 5.56 Å². The lowest BCUT2D eigenvalue weighted by molar-refractivity contribution is -0.141. The minimum atomic E-state index is -1.27. The largest absolute Gasteiger partial charge is 0.480 e. The molecule has 2 aromatic carbocycles. The van der Waals surface area contributed by atoms with Crippen LogP contribution in [-0.4, -0.2) is 46.7 Å². The smallest absolute Gasteiger partial charge is 0.323 e. The number of hydrazone groups is 1. The van der Waals surface area contributed by atoms with Crippen LogP contribution in [0.5, 0.6) is 0 Å². The summed E-state index contributed by atoms with van der Waals surface area (Å²) < 4.78 is 0. The third-order valence-electron chi connectivity index (χ3n) is 4.35. The van der Waals surface area contributed by atoms with Gasteiger partial charge in [-0.3, -0.25) is 25.6 Å². The number of hydrazine groups is 2. The van der Waals surface area contributed by atoms with Crippen molar-refractivity contribution in [1.82, 2.24) is 27.1 Å². The fourth-order valence-corrected chi connectivity index (χ4v) is 2.83. The zero-order valence-electron chi connectivity index (χ0n) is 15.4. The summed E-state index contributed by atoms with van der Waals surface area (Å²) in [4.78, 5) is 23.9. The predicted molar refractivity (Wildman–Crippen MR) is 106 cm³/mol. The highest BCUT2D eigenvalue weighted by atomic mass is 16.4. The fourth-order valence-electron chi connectivity index (χ4n) is 2.83. The molecule has 0 unspecified atom stereocenters. The van der Waals surface area contributed by atoms with Crippen molar-refractivity contribution in [3.63, 3.8) is 0 Å². The highest BCUT2D eigenvalue weighted by Gasteiger charge is 2.27. The van der Waals surface area contributed by atoms with Crippen molar-refractivity contribution in [3.05, 3.63) is 60.2 Å². The van der Waals surface area contributed by atoms with Gasteiger partial charge in [0.2, 0.25) is 11.9 Å². The van der Waals surface area contributed by atoms with Crippen LogP contribution in [0.4, 0.5) is 0 Å². The highest BCUT2D eigenvalue weighted by molar-refractivity contribution is 5.99. The van der Waals surface area contributed by atoms with Crippen molar-refractivity contribution in [2.24, 2.45) is 5.10 Å². The van der Waals surface area contributed by atoms with Crippen LogP contribution in [0, 0.1) is 0 Å². The highest BCUT2D eigenvalue weighted by Crippen LogP contribution is 2.19. The summed E-state index contributed by atoms with van der Waals surface area (Å²) in [5, 5.41) is 27.5. The Morgan fingerprint density at radius 3 is 2.28 bits per heavy atom. The molecule has 2 aromatic rings. The normalized spacial score (nSPS) is 14.9. The molecule has 0 aromatic heterocycles. The molecule has 10 heteroatoms. The van der Waals surface area contributed by atoms with E-state index >= 15 is 0 Å². The van der Waals surface area contributed by atoms with Gasteiger partial charge < -0.3 is 10.2 Å². The molecule has 0 bridgehead atoms. The summed E-state index contributed by atoms with van der Waals surface area (Å²) in [5.41, 5.74) is 10.4. The average Bonchev–Trinajstić information content (AvgIpc) is 3.25. The lowest BCUT2D eigenvalue weighted by Gasteiger charge is -2.22. The fraction of sp³-hybridized carbons (Fsp3) is 0.211. The van der Waals surface area contributed by atoms with Gasteiger partial charge in [-0.05, 0) is 23.1 Å². The molecule has 2 atom stereocenters. The summed E-state index contributed by atoms with van der Waals surface area (Å²) in [6.45, 7) is -0.644. The number of nitrogens with zero attached hydrogens (tertiary/aromatic N) is 1. The lowest BCUT2D eigenvalue weighted by Crippen LogP contribution is -2.55. The van der Waals surface area contributed by atoms with Crippen LogP contribution in [-0.2, 0) is 16.0 Å². The van der Waals surface area contributed by atoms with Crippen molar-refractivity contribution in [2.45, 2.75) is 18.5 Å². The molecule has 1 aliphatic rings. The molecule has 152 valence electrons. The molecule has 0 saturated heterocycles. The summed E-state index contributed by atoms with van der Waals surface area (Å²) in [6.07, 6.45) is 0.221. The average molecular weight is 398 g/mol. The number of hydrogen-bond donors (Lipinski definition) is 7. The van der Waals surface area contributed by atoms with Crippen molar-refractivity contribution in [3.8, 4) is 11.1 Å². The Hall–Kier alpha value is -3.47. The SMILES string of the molecule is O=C(O)[C@H](CO)N[C@@H](Cc1ccc(-c2ccccc2)cc1)C(=O)NC1=NNNN1. The molecule has 3 rings (SSSR count). The molecule has 10 nitrogen and oxygen atoms in total. The van der Waals surface area contributed by atoms with Gasteiger partial charge in [0, 0.05) is 0 Å². The number of aliphatic carboxylic acids is 1. The lowest BCUT2D eigenvalue weighted by atomic mass is 10.00. The molecule has 7 N–H and O–H groups in total. The van der Waals surface area contributed by atoms with Crippen molar-refractivity contribution in [2.75, 3.05) is 6.61 Å². The molecule has 0 spiro atoms. The molecule has 29 heavy (non-hydrogen) atoms. The Morgan fingerprint density at radius 2 is 1.69 bits per heavy atom. The van der Waals surface area contributed by atoms with E-state index in [4.69, 9.17) is 0 Å². The van der Waals surface area contributed by atoms with Crippen LogP contribution in [0.3, 0.4) is 0 Å². The minimum Gasteiger partial charge on any atom is -0.480 e. The molecular formula is C19H22N6O4. The monoisotopic (exact) mass is 398 g/mol. The van der Waals surface area contributed by atoms with Crippen LogP contribution in [0.25, 0.3) is 11.1 Å². The van der Waals surface area contributed by atoms with Gasteiger partial charge >= 0.3 is 5.97 Å². The van der Waals surface area contributed by atoms with Gasteiger partial charge in [0.1, 0.15) is 6.04 Å². The van der Waals surface area contributed by atoms with E-state index in [0.29, 0.717) is 0 Å². The number of rotatable bonds is 8. The molecule has 1 heterocycles. The van der Waals surface area contributed by atoms with Crippen LogP contribution in [0.15, 0.2) is 59.7 Å². The van der Waals surface area contributed by atoms with Crippen LogP contribution in [0.2, 0.25) is 0 Å². The standard InChI is InChI=1S/C19H22N6O4/c26-11-16(18(28)29)20-15(17(27)21-19-22-24-25-23-19)10-12-6-8-14(9-7-12)13-4-2-1-3-5-13/h1-9,15-16,20,24-26H,10-11H2,(H,28,29)(H2,21,22,23,27)/t15-,16-/m0/s1. The number of nitrogens with one attached hydrogen (secondary N) is 5. The number of carbonyl (C=O) groups is 2. The molecule has 0 aliphatic carbocycles. The zero-order valence-corrected chi connectivity index (χ0v) is 15.4. The van der Waals surface area contributed by atoms with E-state index in [1.807, 2.05) is 54.6 Å². The Bertz CT molecular complexity index is 872. The van der Waals surface area contributed by atoms with E-state index in [-0.39, 0.29) is 12.4 Å². The van der Waals surface area contributed by atoms with E-state index in [1.165, 1.54) is 0 Å². The minimum absolute atomic E-state index is 0.150. The van der Waals surface area contributed by atoms with E-state index in [2.05, 4.69) is 32.2 Å². The number of aliphatic hydroxyl groups excluding tert-OH is 1. The number of benzene rings is 2.